The van der Waals surface area contributed by atoms with E-state index in [1.807, 2.05) is 42.6 Å². The molecule has 1 heterocycles. The molecule has 1 aromatic heterocycles. The standard InChI is InChI=1S/C16H18N2O2S/c1-12-3-2-4-15(5-12)20-10-14(19)8-18-9-16-6-13(7-17)11-21-16/h2-6,11,14,18-19H,8-10H2,1H3. The maximum absolute atomic E-state index is 9.87. The lowest BCUT2D eigenvalue weighted by molar-refractivity contribution is 0.106. The lowest BCUT2D eigenvalue weighted by Gasteiger charge is -2.13. The molecule has 0 bridgehead atoms. The maximum Gasteiger partial charge on any atom is 0.119 e. The molecule has 2 rings (SSSR count). The average Bonchev–Trinajstić information content (AvgIpc) is 2.93. The van der Waals surface area contributed by atoms with Gasteiger partial charge in [-0.05, 0) is 30.7 Å². The number of rotatable bonds is 7. The molecule has 4 nitrogen and oxygen atoms in total. The van der Waals surface area contributed by atoms with Gasteiger partial charge in [0.05, 0.1) is 5.56 Å². The molecule has 1 atom stereocenters. The molecule has 0 fully saturated rings. The van der Waals surface area contributed by atoms with Crippen molar-refractivity contribution in [3.8, 4) is 11.8 Å². The molecule has 5 heteroatoms. The molecule has 0 radical (unpaired) electrons. The summed E-state index contributed by atoms with van der Waals surface area (Å²) in [7, 11) is 0. The van der Waals surface area contributed by atoms with E-state index in [4.69, 9.17) is 10.00 Å². The molecule has 0 aliphatic rings. The number of aliphatic hydroxyl groups is 1. The van der Waals surface area contributed by atoms with E-state index in [-0.39, 0.29) is 6.61 Å². The zero-order valence-electron chi connectivity index (χ0n) is 11.9. The third-order valence-electron chi connectivity index (χ3n) is 2.89. The molecule has 0 aliphatic heterocycles. The second-order valence-electron chi connectivity index (χ2n) is 4.83. The predicted molar refractivity (Wildman–Crippen MR) is 83.4 cm³/mol. The van der Waals surface area contributed by atoms with Gasteiger partial charge in [-0.1, -0.05) is 12.1 Å². The highest BCUT2D eigenvalue weighted by Gasteiger charge is 2.06. The zero-order valence-corrected chi connectivity index (χ0v) is 12.7. The Kier molecular flexibility index (Phi) is 5.76. The molecule has 0 saturated heterocycles. The van der Waals surface area contributed by atoms with Crippen LogP contribution in [-0.2, 0) is 6.54 Å². The van der Waals surface area contributed by atoms with E-state index in [0.29, 0.717) is 18.7 Å². The summed E-state index contributed by atoms with van der Waals surface area (Å²) in [6.45, 7) is 3.35. The molecule has 2 N–H and O–H groups in total. The Hall–Kier alpha value is -1.87. The van der Waals surface area contributed by atoms with Gasteiger partial charge in [0.1, 0.15) is 24.5 Å². The third kappa shape index (κ3) is 5.20. The number of aliphatic hydroxyl groups excluding tert-OH is 1. The van der Waals surface area contributed by atoms with Gasteiger partial charge < -0.3 is 15.2 Å². The van der Waals surface area contributed by atoms with Crippen molar-refractivity contribution in [2.24, 2.45) is 0 Å². The minimum absolute atomic E-state index is 0.254. The van der Waals surface area contributed by atoms with Crippen LogP contribution in [0.1, 0.15) is 16.0 Å². The summed E-state index contributed by atoms with van der Waals surface area (Å²) >= 11 is 1.54. The highest BCUT2D eigenvalue weighted by molar-refractivity contribution is 7.10. The predicted octanol–water partition coefficient (Wildman–Crippen LogP) is 2.46. The van der Waals surface area contributed by atoms with E-state index in [0.717, 1.165) is 16.2 Å². The van der Waals surface area contributed by atoms with Crippen LogP contribution in [0.2, 0.25) is 0 Å². The summed E-state index contributed by atoms with van der Waals surface area (Å²) in [6, 6.07) is 11.7. The maximum atomic E-state index is 9.87. The lowest BCUT2D eigenvalue weighted by Crippen LogP contribution is -2.30. The number of benzene rings is 1. The van der Waals surface area contributed by atoms with Gasteiger partial charge in [-0.15, -0.1) is 11.3 Å². The first kappa shape index (κ1) is 15.5. The van der Waals surface area contributed by atoms with E-state index < -0.39 is 6.10 Å². The van der Waals surface area contributed by atoms with E-state index in [1.165, 1.54) is 11.3 Å². The number of nitrogens with zero attached hydrogens (tertiary/aromatic N) is 1. The molecular formula is C16H18N2O2S. The van der Waals surface area contributed by atoms with Crippen LogP contribution in [0, 0.1) is 18.3 Å². The first-order valence-electron chi connectivity index (χ1n) is 6.73. The Morgan fingerprint density at radius 2 is 2.29 bits per heavy atom. The molecule has 21 heavy (non-hydrogen) atoms. The van der Waals surface area contributed by atoms with Gasteiger partial charge in [0.2, 0.25) is 0 Å². The minimum atomic E-state index is -0.569. The molecule has 0 saturated carbocycles. The Balaban J connectivity index is 1.68. The van der Waals surface area contributed by atoms with Gasteiger partial charge in [0, 0.05) is 23.3 Å². The van der Waals surface area contributed by atoms with Crippen molar-refractivity contribution < 1.29 is 9.84 Å². The highest BCUT2D eigenvalue weighted by Crippen LogP contribution is 2.14. The second-order valence-corrected chi connectivity index (χ2v) is 5.82. The largest absolute Gasteiger partial charge is 0.491 e. The minimum Gasteiger partial charge on any atom is -0.491 e. The quantitative estimate of drug-likeness (QED) is 0.824. The Morgan fingerprint density at radius 3 is 3.00 bits per heavy atom. The average molecular weight is 302 g/mol. The molecule has 0 amide bonds. The van der Waals surface area contributed by atoms with Crippen LogP contribution in [0.4, 0.5) is 0 Å². The fourth-order valence-electron chi connectivity index (χ4n) is 1.85. The summed E-state index contributed by atoms with van der Waals surface area (Å²) in [6.07, 6.45) is -0.569. The van der Waals surface area contributed by atoms with Gasteiger partial charge in [-0.25, -0.2) is 0 Å². The summed E-state index contributed by atoms with van der Waals surface area (Å²) in [5.41, 5.74) is 1.81. The first-order valence-corrected chi connectivity index (χ1v) is 7.61. The SMILES string of the molecule is Cc1cccc(OCC(O)CNCc2cc(C#N)cs2)c1. The van der Waals surface area contributed by atoms with Crippen LogP contribution >= 0.6 is 11.3 Å². The Morgan fingerprint density at radius 1 is 1.43 bits per heavy atom. The highest BCUT2D eigenvalue weighted by atomic mass is 32.1. The van der Waals surface area contributed by atoms with Crippen molar-refractivity contribution in [3.63, 3.8) is 0 Å². The molecule has 1 unspecified atom stereocenters. The number of hydrogen-bond donors (Lipinski definition) is 2. The van der Waals surface area contributed by atoms with Crippen molar-refractivity contribution in [2.75, 3.05) is 13.2 Å². The number of aryl methyl sites for hydroxylation is 1. The summed E-state index contributed by atoms with van der Waals surface area (Å²) < 4.78 is 5.54. The summed E-state index contributed by atoms with van der Waals surface area (Å²) in [4.78, 5) is 1.08. The zero-order chi connectivity index (χ0) is 15.1. The second kappa shape index (κ2) is 7.79. The molecule has 110 valence electrons. The topological polar surface area (TPSA) is 65.3 Å². The van der Waals surface area contributed by atoms with Crippen molar-refractivity contribution in [1.29, 1.82) is 5.26 Å². The Labute approximate surface area is 128 Å². The molecule has 0 spiro atoms. The van der Waals surface area contributed by atoms with Gasteiger partial charge in [-0.2, -0.15) is 5.26 Å². The number of thiophene rings is 1. The molecular weight excluding hydrogens is 284 g/mol. The van der Waals surface area contributed by atoms with E-state index >= 15 is 0 Å². The van der Waals surface area contributed by atoms with Gasteiger partial charge in [-0.3, -0.25) is 0 Å². The molecule has 0 aliphatic carbocycles. The number of hydrogen-bond acceptors (Lipinski definition) is 5. The summed E-state index contributed by atoms with van der Waals surface area (Å²) in [5.74, 6) is 0.769. The Bertz CT molecular complexity index is 619. The smallest absolute Gasteiger partial charge is 0.119 e. The fourth-order valence-corrected chi connectivity index (χ4v) is 2.63. The van der Waals surface area contributed by atoms with Crippen molar-refractivity contribution in [3.05, 3.63) is 51.7 Å². The van der Waals surface area contributed by atoms with Crippen LogP contribution in [0.15, 0.2) is 35.7 Å². The first-order chi connectivity index (χ1) is 10.2. The number of ether oxygens (including phenoxy) is 1. The van der Waals surface area contributed by atoms with Gasteiger partial charge in [0.25, 0.3) is 0 Å². The van der Waals surface area contributed by atoms with Gasteiger partial charge >= 0.3 is 0 Å². The van der Waals surface area contributed by atoms with Gasteiger partial charge in [0.15, 0.2) is 0 Å². The van der Waals surface area contributed by atoms with E-state index in [2.05, 4.69) is 11.4 Å². The van der Waals surface area contributed by atoms with Crippen molar-refractivity contribution >= 4 is 11.3 Å². The van der Waals surface area contributed by atoms with Crippen LogP contribution in [0.5, 0.6) is 5.75 Å². The lowest BCUT2D eigenvalue weighted by atomic mass is 10.2. The van der Waals surface area contributed by atoms with Crippen LogP contribution in [0.25, 0.3) is 0 Å². The van der Waals surface area contributed by atoms with E-state index in [9.17, 15) is 5.11 Å². The number of nitrogens with one attached hydrogen (secondary N) is 1. The fraction of sp³-hybridized carbons (Fsp3) is 0.312. The normalized spacial score (nSPS) is 11.9. The summed E-state index contributed by atoms with van der Waals surface area (Å²) in [5, 5.41) is 23.6. The monoisotopic (exact) mass is 302 g/mol. The van der Waals surface area contributed by atoms with Crippen LogP contribution < -0.4 is 10.1 Å². The number of nitriles is 1. The molecule has 2 aromatic rings. The van der Waals surface area contributed by atoms with Crippen molar-refractivity contribution in [1.82, 2.24) is 5.32 Å². The molecule has 1 aromatic carbocycles. The van der Waals surface area contributed by atoms with Crippen LogP contribution in [0.3, 0.4) is 0 Å². The van der Waals surface area contributed by atoms with Crippen LogP contribution in [-0.4, -0.2) is 24.4 Å². The third-order valence-corrected chi connectivity index (χ3v) is 3.83. The van der Waals surface area contributed by atoms with Crippen molar-refractivity contribution in [2.45, 2.75) is 19.6 Å². The van der Waals surface area contributed by atoms with E-state index in [1.54, 1.807) is 0 Å².